The van der Waals surface area contributed by atoms with Gasteiger partial charge in [0, 0.05) is 31.9 Å². The molecule has 5 heterocycles. The van der Waals surface area contributed by atoms with Gasteiger partial charge in [-0.25, -0.2) is 9.37 Å². The summed E-state index contributed by atoms with van der Waals surface area (Å²) in [5.74, 6) is -2.78. The van der Waals surface area contributed by atoms with Crippen LogP contribution in [0.15, 0.2) is 35.1 Å². The van der Waals surface area contributed by atoms with Crippen LogP contribution in [0, 0.1) is 12.7 Å². The molecule has 0 atom stereocenters. The molecule has 2 amide bonds. The molecule has 1 aromatic carbocycles. The Labute approximate surface area is 286 Å². The first-order chi connectivity index (χ1) is 23.8. The number of carbonyl (C=O) groups is 2. The van der Waals surface area contributed by atoms with E-state index in [0.29, 0.717) is 31.4 Å². The van der Waals surface area contributed by atoms with Crippen LogP contribution in [-0.2, 0) is 28.7 Å². The molecule has 6 rings (SSSR count). The molecule has 0 saturated carbocycles. The highest BCUT2D eigenvalue weighted by atomic mass is 35.5. The molecule has 1 saturated heterocycles. The van der Waals surface area contributed by atoms with E-state index >= 15 is 0 Å². The number of rotatable bonds is 7. The monoisotopic (exact) mass is 718 g/mol. The number of piperazine rings is 1. The Morgan fingerprint density at radius 3 is 2.50 bits per heavy atom. The number of aryl methyl sites for hydroxylation is 1. The number of aromatic nitrogens is 5. The Morgan fingerprint density at radius 2 is 1.86 bits per heavy atom. The first-order valence-corrected chi connectivity index (χ1v) is 16.0. The molecule has 0 unspecified atom stereocenters. The second-order valence-corrected chi connectivity index (χ2v) is 12.1. The van der Waals surface area contributed by atoms with Crippen LogP contribution in [0.4, 0.5) is 28.9 Å². The van der Waals surface area contributed by atoms with Gasteiger partial charge in [0.25, 0.3) is 11.5 Å². The number of benzene rings is 1. The molecule has 18 heteroatoms. The van der Waals surface area contributed by atoms with E-state index in [2.05, 4.69) is 20.4 Å². The first kappa shape index (κ1) is 34.8. The van der Waals surface area contributed by atoms with E-state index in [1.54, 1.807) is 17.9 Å². The Kier molecular flexibility index (Phi) is 9.54. The number of amides is 2. The Bertz CT molecular complexity index is 2090. The Balaban J connectivity index is 1.35. The van der Waals surface area contributed by atoms with E-state index in [1.165, 1.54) is 16.4 Å². The maximum absolute atomic E-state index is 14.2. The molecule has 0 radical (unpaired) electrons. The summed E-state index contributed by atoms with van der Waals surface area (Å²) in [7, 11) is 0. The van der Waals surface area contributed by atoms with Crippen LogP contribution < -0.4 is 15.8 Å². The summed E-state index contributed by atoms with van der Waals surface area (Å²) in [6.45, 7) is 4.15. The lowest BCUT2D eigenvalue weighted by atomic mass is 10.1. The summed E-state index contributed by atoms with van der Waals surface area (Å²) in [5.41, 5.74) is -0.316. The highest BCUT2D eigenvalue weighted by Crippen LogP contribution is 2.34. The number of alkyl halides is 3. The zero-order chi connectivity index (χ0) is 35.9. The summed E-state index contributed by atoms with van der Waals surface area (Å²) < 4.78 is 61.7. The molecule has 0 aliphatic carbocycles. The van der Waals surface area contributed by atoms with Gasteiger partial charge in [0.1, 0.15) is 12.2 Å². The maximum Gasteiger partial charge on any atom is 0.416 e. The molecule has 13 nitrogen and oxygen atoms in total. The van der Waals surface area contributed by atoms with Crippen molar-refractivity contribution in [3.05, 3.63) is 80.0 Å². The highest BCUT2D eigenvalue weighted by molar-refractivity contribution is 6.33. The van der Waals surface area contributed by atoms with Gasteiger partial charge in [-0.15, -0.1) is 5.10 Å². The molecular weight excluding hydrogens is 688 g/mol. The predicted octanol–water partition coefficient (Wildman–Crippen LogP) is 4.08. The lowest BCUT2D eigenvalue weighted by molar-refractivity contribution is -0.137. The maximum atomic E-state index is 14.2. The van der Waals surface area contributed by atoms with Gasteiger partial charge in [-0.05, 0) is 49.6 Å². The fourth-order valence-corrected chi connectivity index (χ4v) is 6.21. The number of hydrogen-bond acceptors (Lipinski definition) is 9. The lowest BCUT2D eigenvalue weighted by Crippen LogP contribution is -2.51. The quantitative estimate of drug-likeness (QED) is 0.270. The smallest absolute Gasteiger partial charge is 0.416 e. The summed E-state index contributed by atoms with van der Waals surface area (Å²) in [5, 5.41) is 16.9. The Hall–Kier alpha value is -5.03. The molecule has 2 N–H and O–H groups in total. The highest BCUT2D eigenvalue weighted by Gasteiger charge is 2.32. The molecule has 3 aromatic heterocycles. The molecule has 264 valence electrons. The largest absolute Gasteiger partial charge is 0.503 e. The number of aromatic hydroxyl groups is 1. The van der Waals surface area contributed by atoms with Gasteiger partial charge in [0.2, 0.25) is 11.7 Å². The topological polar surface area (TPSA) is 147 Å². The van der Waals surface area contributed by atoms with Gasteiger partial charge in [-0.3, -0.25) is 14.4 Å². The van der Waals surface area contributed by atoms with Crippen LogP contribution >= 0.6 is 11.6 Å². The summed E-state index contributed by atoms with van der Waals surface area (Å²) in [4.78, 5) is 52.6. The molecule has 50 heavy (non-hydrogen) atoms. The average molecular weight is 719 g/mol. The van der Waals surface area contributed by atoms with E-state index in [1.807, 2.05) is 0 Å². The SMILES string of the molecule is CCc1c(N2CCN(C(=O)c3nc(C)cc(F)c3O)CC2)c(=O)n2nc(C3=CCOCC3)nc2n1CC(=O)Nc1ccc(C(F)(F)F)cc1Cl. The third-order valence-electron chi connectivity index (χ3n) is 8.44. The fraction of sp³-hybridized carbons (Fsp3) is 0.375. The number of pyridine rings is 1. The molecule has 2 aliphatic heterocycles. The van der Waals surface area contributed by atoms with Crippen molar-refractivity contribution in [1.82, 2.24) is 29.0 Å². The number of fused-ring (bicyclic) bond motifs is 1. The number of hydrogen-bond donors (Lipinski definition) is 2. The number of ether oxygens (including phenoxy) is 1. The predicted molar refractivity (Wildman–Crippen MR) is 174 cm³/mol. The van der Waals surface area contributed by atoms with Crippen LogP contribution in [-0.4, -0.2) is 85.4 Å². The van der Waals surface area contributed by atoms with E-state index in [4.69, 9.17) is 16.3 Å². The van der Waals surface area contributed by atoms with Crippen molar-refractivity contribution < 1.29 is 37.0 Å². The minimum atomic E-state index is -4.62. The summed E-state index contributed by atoms with van der Waals surface area (Å²) in [6, 6.07) is 3.60. The van der Waals surface area contributed by atoms with Crippen LogP contribution in [0.2, 0.25) is 5.02 Å². The van der Waals surface area contributed by atoms with E-state index < -0.39 is 52.9 Å². The van der Waals surface area contributed by atoms with Gasteiger partial charge in [0.05, 0.1) is 35.2 Å². The summed E-state index contributed by atoms with van der Waals surface area (Å²) >= 11 is 6.09. The number of nitrogens with one attached hydrogen (secondary N) is 1. The molecule has 4 aromatic rings. The van der Waals surface area contributed by atoms with Crippen molar-refractivity contribution >= 4 is 46.1 Å². The molecule has 0 spiro atoms. The van der Waals surface area contributed by atoms with Gasteiger partial charge >= 0.3 is 6.18 Å². The van der Waals surface area contributed by atoms with E-state index in [9.17, 15) is 37.1 Å². The minimum absolute atomic E-state index is 0.0377. The van der Waals surface area contributed by atoms with Gasteiger partial charge in [0.15, 0.2) is 23.1 Å². The van der Waals surface area contributed by atoms with Crippen LogP contribution in [0.3, 0.4) is 0 Å². The molecule has 2 aliphatic rings. The third kappa shape index (κ3) is 6.74. The van der Waals surface area contributed by atoms with Crippen molar-refractivity contribution in [2.75, 3.05) is 49.6 Å². The normalized spacial score (nSPS) is 15.4. The number of nitrogens with zero attached hydrogens (tertiary/aromatic N) is 7. The number of anilines is 2. The second kappa shape index (κ2) is 13.7. The Morgan fingerprint density at radius 1 is 1.12 bits per heavy atom. The standard InChI is InChI=1S/C32H31ClF4N8O5/c1-3-23-26(42-8-10-43(11-9-42)29(48)25-27(47)21(34)14-17(2)38-25)30(49)45-31(40-28(41-45)18-6-12-50-13-7-18)44(23)16-24(46)39-22-5-4-19(15-20(22)33)32(35,36)37/h4-6,14-15,47H,3,7-13,16H2,1-2H3,(H,39,46). The average Bonchev–Trinajstić information content (AvgIpc) is 3.54. The van der Waals surface area contributed by atoms with Crippen molar-refractivity contribution in [3.8, 4) is 5.75 Å². The second-order valence-electron chi connectivity index (χ2n) is 11.7. The fourth-order valence-electron chi connectivity index (χ4n) is 5.98. The molecular formula is C32H31ClF4N8O5. The van der Waals surface area contributed by atoms with Crippen molar-refractivity contribution in [2.45, 2.75) is 39.4 Å². The van der Waals surface area contributed by atoms with E-state index in [-0.39, 0.29) is 66.3 Å². The van der Waals surface area contributed by atoms with Gasteiger partial charge < -0.3 is 29.5 Å². The van der Waals surface area contributed by atoms with Crippen LogP contribution in [0.25, 0.3) is 11.4 Å². The zero-order valence-electron chi connectivity index (χ0n) is 26.9. The first-order valence-electron chi connectivity index (χ1n) is 15.6. The van der Waals surface area contributed by atoms with Gasteiger partial charge in [-0.2, -0.15) is 22.7 Å². The molecule has 1 fully saturated rings. The van der Waals surface area contributed by atoms with E-state index in [0.717, 1.165) is 28.3 Å². The minimum Gasteiger partial charge on any atom is -0.503 e. The third-order valence-corrected chi connectivity index (χ3v) is 8.76. The number of halogens is 5. The summed E-state index contributed by atoms with van der Waals surface area (Å²) in [6.07, 6.45) is -2.07. The molecule has 0 bridgehead atoms. The zero-order valence-corrected chi connectivity index (χ0v) is 27.6. The van der Waals surface area contributed by atoms with Crippen LogP contribution in [0.1, 0.15) is 46.6 Å². The van der Waals surface area contributed by atoms with Crippen molar-refractivity contribution in [1.29, 1.82) is 0 Å². The van der Waals surface area contributed by atoms with Crippen molar-refractivity contribution in [3.63, 3.8) is 0 Å². The van der Waals surface area contributed by atoms with Crippen LogP contribution in [0.5, 0.6) is 5.75 Å². The van der Waals surface area contributed by atoms with Crippen molar-refractivity contribution in [2.24, 2.45) is 0 Å². The van der Waals surface area contributed by atoms with Gasteiger partial charge in [-0.1, -0.05) is 24.6 Å². The number of carbonyl (C=O) groups excluding carboxylic acids is 2. The lowest BCUT2D eigenvalue weighted by Gasteiger charge is -2.36.